The number of aromatic nitrogens is 1. The summed E-state index contributed by atoms with van der Waals surface area (Å²) in [4.78, 5) is 32.4. The minimum absolute atomic E-state index is 0.0290. The summed E-state index contributed by atoms with van der Waals surface area (Å²) in [5, 5.41) is 4.71. The number of hydrogen-bond acceptors (Lipinski definition) is 4. The lowest BCUT2D eigenvalue weighted by atomic mass is 10.1. The van der Waals surface area contributed by atoms with Gasteiger partial charge in [-0.1, -0.05) is 30.3 Å². The molecular weight excluding hydrogens is 420 g/mol. The van der Waals surface area contributed by atoms with Crippen LogP contribution in [0.3, 0.4) is 0 Å². The number of carbonyl (C=O) groups excluding carboxylic acids is 2. The number of amides is 2. The molecule has 1 aromatic heterocycles. The zero-order chi connectivity index (χ0) is 22.7. The highest BCUT2D eigenvalue weighted by atomic mass is 32.2. The van der Waals surface area contributed by atoms with Gasteiger partial charge in [0.15, 0.2) is 5.17 Å². The highest BCUT2D eigenvalue weighted by molar-refractivity contribution is 8.18. The predicted molar refractivity (Wildman–Crippen MR) is 133 cm³/mol. The Morgan fingerprint density at radius 2 is 1.97 bits per heavy atom. The van der Waals surface area contributed by atoms with Crippen LogP contribution in [0, 0.1) is 6.92 Å². The Morgan fingerprint density at radius 3 is 2.72 bits per heavy atom. The third-order valence-corrected chi connectivity index (χ3v) is 6.26. The van der Waals surface area contributed by atoms with Crippen LogP contribution in [0.15, 0.2) is 64.6 Å². The maximum absolute atomic E-state index is 12.9. The van der Waals surface area contributed by atoms with Crippen molar-refractivity contribution in [3.05, 3.63) is 70.8 Å². The molecule has 32 heavy (non-hydrogen) atoms. The summed E-state index contributed by atoms with van der Waals surface area (Å²) in [6.07, 6.45) is 3.84. The zero-order valence-corrected chi connectivity index (χ0v) is 19.3. The fourth-order valence-electron chi connectivity index (χ4n) is 3.78. The number of carbonyl (C=O) groups is 2. The van der Waals surface area contributed by atoms with E-state index >= 15 is 0 Å². The summed E-state index contributed by atoms with van der Waals surface area (Å²) >= 11 is 1.40. The van der Waals surface area contributed by atoms with Crippen molar-refractivity contribution < 1.29 is 9.59 Å². The van der Waals surface area contributed by atoms with Crippen molar-refractivity contribution in [3.8, 4) is 0 Å². The Labute approximate surface area is 192 Å². The molecule has 1 N–H and O–H groups in total. The average Bonchev–Trinajstić information content (AvgIpc) is 3.25. The molecule has 2 amide bonds. The van der Waals surface area contributed by atoms with E-state index < -0.39 is 0 Å². The summed E-state index contributed by atoms with van der Waals surface area (Å²) in [5.74, 6) is -0.130. The molecule has 3 aromatic rings. The Kier molecular flexibility index (Phi) is 6.46. The van der Waals surface area contributed by atoms with Crippen LogP contribution in [0.5, 0.6) is 0 Å². The number of aryl methyl sites for hydroxylation is 1. The van der Waals surface area contributed by atoms with Crippen molar-refractivity contribution in [3.63, 3.8) is 0 Å². The van der Waals surface area contributed by atoms with Crippen molar-refractivity contribution in [1.82, 2.24) is 9.47 Å². The quantitative estimate of drug-likeness (QED) is 0.548. The van der Waals surface area contributed by atoms with E-state index in [9.17, 15) is 9.59 Å². The second-order valence-electron chi connectivity index (χ2n) is 7.56. The molecule has 0 unspecified atom stereocenters. The van der Waals surface area contributed by atoms with Crippen LogP contribution in [0.4, 0.5) is 5.69 Å². The molecule has 6 nitrogen and oxygen atoms in total. The third-order valence-electron chi connectivity index (χ3n) is 5.22. The third kappa shape index (κ3) is 4.48. The Morgan fingerprint density at radius 1 is 1.16 bits per heavy atom. The Balaban J connectivity index is 1.63. The van der Waals surface area contributed by atoms with Crippen molar-refractivity contribution in [2.24, 2.45) is 4.99 Å². The number of likely N-dealkylation sites (N-methyl/N-ethyl adjacent to an activating group) is 1. The number of nitrogens with zero attached hydrogens (tertiary/aromatic N) is 3. The van der Waals surface area contributed by atoms with Crippen LogP contribution in [-0.2, 0) is 16.1 Å². The van der Waals surface area contributed by atoms with Gasteiger partial charge in [-0.2, -0.15) is 0 Å². The van der Waals surface area contributed by atoms with Gasteiger partial charge in [0, 0.05) is 41.4 Å². The molecule has 0 atom stereocenters. The van der Waals surface area contributed by atoms with Crippen LogP contribution < -0.4 is 5.32 Å². The van der Waals surface area contributed by atoms with Gasteiger partial charge in [0.25, 0.3) is 5.91 Å². The van der Waals surface area contributed by atoms with Gasteiger partial charge in [-0.3, -0.25) is 19.5 Å². The largest absolute Gasteiger partial charge is 0.337 e. The average molecular weight is 447 g/mol. The van der Waals surface area contributed by atoms with Crippen molar-refractivity contribution in [1.29, 1.82) is 0 Å². The molecule has 1 aliphatic rings. The lowest BCUT2D eigenvalue weighted by Crippen LogP contribution is -2.28. The number of fused-ring (bicyclic) bond motifs is 1. The van der Waals surface area contributed by atoms with E-state index in [1.807, 2.05) is 86.1 Å². The van der Waals surface area contributed by atoms with E-state index in [-0.39, 0.29) is 18.4 Å². The van der Waals surface area contributed by atoms with Gasteiger partial charge in [-0.15, -0.1) is 0 Å². The van der Waals surface area contributed by atoms with E-state index in [0.717, 1.165) is 32.9 Å². The van der Waals surface area contributed by atoms with Gasteiger partial charge in [0.1, 0.15) is 6.54 Å². The number of thioether (sulfide) groups is 1. The number of nitrogens with one attached hydrogen (secondary N) is 1. The van der Waals surface area contributed by atoms with Gasteiger partial charge in [-0.05, 0) is 62.4 Å². The normalized spacial score (nSPS) is 16.5. The minimum atomic E-state index is -0.101. The van der Waals surface area contributed by atoms with Crippen LogP contribution in [0.1, 0.15) is 25.0 Å². The molecule has 0 spiro atoms. The second kappa shape index (κ2) is 9.44. The van der Waals surface area contributed by atoms with Crippen molar-refractivity contribution in [2.45, 2.75) is 27.3 Å². The summed E-state index contributed by atoms with van der Waals surface area (Å²) in [6, 6.07) is 15.7. The van der Waals surface area contributed by atoms with Crippen LogP contribution >= 0.6 is 11.8 Å². The molecule has 2 heterocycles. The number of aliphatic imine (C=N–C) groups is 1. The first kappa shape index (κ1) is 21.9. The molecule has 0 bridgehead atoms. The molecular formula is C25H26N4O2S. The summed E-state index contributed by atoms with van der Waals surface area (Å²) < 4.78 is 1.93. The van der Waals surface area contributed by atoms with E-state index in [1.165, 1.54) is 11.8 Å². The van der Waals surface area contributed by atoms with Gasteiger partial charge in [0.05, 0.1) is 4.91 Å². The Bertz CT molecular complexity index is 1240. The molecule has 7 heteroatoms. The van der Waals surface area contributed by atoms with E-state index in [2.05, 4.69) is 10.3 Å². The van der Waals surface area contributed by atoms with Gasteiger partial charge < -0.3 is 9.88 Å². The number of hydrogen-bond donors (Lipinski definition) is 1. The predicted octanol–water partition coefficient (Wildman–Crippen LogP) is 4.90. The highest BCUT2D eigenvalue weighted by Crippen LogP contribution is 2.34. The van der Waals surface area contributed by atoms with Gasteiger partial charge in [-0.25, -0.2) is 0 Å². The lowest BCUT2D eigenvalue weighted by Gasteiger charge is -2.11. The SMILES string of the molecule is CCN=C1SC(=Cc2cn(CC(=O)Nc3cccc(C)c3)c3ccccc23)C(=O)N1CC. The second-order valence-corrected chi connectivity index (χ2v) is 8.57. The number of amidine groups is 1. The summed E-state index contributed by atoms with van der Waals surface area (Å²) in [7, 11) is 0. The molecule has 1 saturated heterocycles. The van der Waals surface area contributed by atoms with Crippen LogP contribution in [0.25, 0.3) is 17.0 Å². The summed E-state index contributed by atoms with van der Waals surface area (Å²) in [5.41, 5.74) is 3.73. The fourth-order valence-corrected chi connectivity index (χ4v) is 4.88. The monoisotopic (exact) mass is 446 g/mol. The van der Waals surface area contributed by atoms with Crippen LogP contribution in [0.2, 0.25) is 0 Å². The van der Waals surface area contributed by atoms with E-state index in [4.69, 9.17) is 0 Å². The van der Waals surface area contributed by atoms with Crippen LogP contribution in [-0.4, -0.2) is 39.5 Å². The fraction of sp³-hybridized carbons (Fsp3) is 0.240. The molecule has 2 aromatic carbocycles. The molecule has 0 radical (unpaired) electrons. The number of rotatable bonds is 6. The maximum Gasteiger partial charge on any atom is 0.266 e. The van der Waals surface area contributed by atoms with Crippen molar-refractivity contribution >= 4 is 51.4 Å². The number of anilines is 1. The van der Waals surface area contributed by atoms with Gasteiger partial charge in [0.2, 0.25) is 5.91 Å². The van der Waals surface area contributed by atoms with Crippen molar-refractivity contribution in [2.75, 3.05) is 18.4 Å². The topological polar surface area (TPSA) is 66.7 Å². The maximum atomic E-state index is 12.9. The summed E-state index contributed by atoms with van der Waals surface area (Å²) in [6.45, 7) is 7.31. The number of para-hydroxylation sites is 1. The zero-order valence-electron chi connectivity index (χ0n) is 18.5. The smallest absolute Gasteiger partial charge is 0.266 e. The first-order valence-electron chi connectivity index (χ1n) is 10.7. The standard InChI is InChI=1S/C25H26N4O2S/c1-4-26-25-29(5-2)24(31)22(32-25)14-18-15-28(21-12-7-6-11-20(18)21)16-23(30)27-19-10-8-9-17(3)13-19/h6-15H,4-5,16H2,1-3H3,(H,27,30). The highest BCUT2D eigenvalue weighted by Gasteiger charge is 2.32. The van der Waals surface area contributed by atoms with E-state index in [0.29, 0.717) is 18.0 Å². The first-order valence-corrected chi connectivity index (χ1v) is 11.5. The first-order chi connectivity index (χ1) is 15.5. The van der Waals surface area contributed by atoms with E-state index in [1.54, 1.807) is 4.90 Å². The Hall–Kier alpha value is -3.32. The number of benzene rings is 2. The molecule has 1 aliphatic heterocycles. The molecule has 0 aliphatic carbocycles. The molecule has 164 valence electrons. The van der Waals surface area contributed by atoms with Gasteiger partial charge >= 0.3 is 0 Å². The lowest BCUT2D eigenvalue weighted by molar-refractivity contribution is -0.122. The molecule has 1 fully saturated rings. The molecule has 4 rings (SSSR count). The molecule has 0 saturated carbocycles. The minimum Gasteiger partial charge on any atom is -0.337 e.